The summed E-state index contributed by atoms with van der Waals surface area (Å²) in [6.07, 6.45) is 2.56. The molecule has 1 amide bonds. The highest BCUT2D eigenvalue weighted by atomic mass is 16.4. The molecule has 1 aromatic heterocycles. The lowest BCUT2D eigenvalue weighted by molar-refractivity contribution is -0.137. The second kappa shape index (κ2) is 8.17. The maximum Gasteiger partial charge on any atom is 0.303 e. The van der Waals surface area contributed by atoms with E-state index in [2.05, 4.69) is 10.4 Å². The molecule has 0 saturated carbocycles. The Morgan fingerprint density at radius 2 is 1.88 bits per heavy atom. The highest BCUT2D eigenvalue weighted by molar-refractivity contribution is 5.95. The first-order valence-corrected chi connectivity index (χ1v) is 8.80. The molecule has 0 bridgehead atoms. The number of benzene rings is 1. The van der Waals surface area contributed by atoms with Gasteiger partial charge in [-0.3, -0.25) is 14.3 Å². The van der Waals surface area contributed by atoms with E-state index in [1.54, 1.807) is 6.20 Å². The van der Waals surface area contributed by atoms with Gasteiger partial charge in [-0.25, -0.2) is 0 Å². The predicted octanol–water partition coefficient (Wildman–Crippen LogP) is 3.15. The summed E-state index contributed by atoms with van der Waals surface area (Å²) in [5.74, 6) is -1.08. The van der Waals surface area contributed by atoms with Crippen LogP contribution >= 0.6 is 0 Å². The molecule has 140 valence electrons. The van der Waals surface area contributed by atoms with Crippen LogP contribution in [0.25, 0.3) is 0 Å². The van der Waals surface area contributed by atoms with Gasteiger partial charge >= 0.3 is 5.97 Å². The molecular formula is C20H27N3O3. The van der Waals surface area contributed by atoms with Gasteiger partial charge in [0.1, 0.15) is 0 Å². The van der Waals surface area contributed by atoms with Gasteiger partial charge < -0.3 is 10.4 Å². The van der Waals surface area contributed by atoms with Crippen molar-refractivity contribution in [1.82, 2.24) is 15.1 Å². The van der Waals surface area contributed by atoms with Crippen LogP contribution in [0.1, 0.15) is 55.2 Å². The standard InChI is InChI=1S/C20H27N3O3/c1-14-17(13-21-23(14)20(2,3)4)19(26)22-16(10-11-18(24)25)12-15-8-6-5-7-9-15/h5-9,13,16H,10-12H2,1-4H3,(H,22,26)(H,24,25). The van der Waals surface area contributed by atoms with Crippen LogP contribution in [0.3, 0.4) is 0 Å². The van der Waals surface area contributed by atoms with Crippen LogP contribution in [-0.4, -0.2) is 32.8 Å². The molecule has 1 unspecified atom stereocenters. The van der Waals surface area contributed by atoms with E-state index >= 15 is 0 Å². The van der Waals surface area contributed by atoms with E-state index < -0.39 is 5.97 Å². The SMILES string of the molecule is Cc1c(C(=O)NC(CCC(=O)O)Cc2ccccc2)cnn1C(C)(C)C. The number of carbonyl (C=O) groups excluding carboxylic acids is 1. The van der Waals surface area contributed by atoms with Gasteiger partial charge in [-0.15, -0.1) is 0 Å². The molecule has 1 atom stereocenters. The Morgan fingerprint density at radius 1 is 1.23 bits per heavy atom. The Morgan fingerprint density at radius 3 is 2.42 bits per heavy atom. The summed E-state index contributed by atoms with van der Waals surface area (Å²) >= 11 is 0. The Balaban J connectivity index is 2.15. The Hall–Kier alpha value is -2.63. The molecular weight excluding hydrogens is 330 g/mol. The van der Waals surface area contributed by atoms with E-state index in [1.807, 2.05) is 62.7 Å². The fourth-order valence-corrected chi connectivity index (χ4v) is 2.99. The lowest BCUT2D eigenvalue weighted by atomic mass is 10.0. The summed E-state index contributed by atoms with van der Waals surface area (Å²) in [5.41, 5.74) is 2.17. The van der Waals surface area contributed by atoms with Crippen LogP contribution in [0, 0.1) is 6.92 Å². The van der Waals surface area contributed by atoms with Crippen molar-refractivity contribution in [2.24, 2.45) is 0 Å². The molecule has 6 heteroatoms. The van der Waals surface area contributed by atoms with E-state index in [0.717, 1.165) is 11.3 Å². The van der Waals surface area contributed by atoms with Crippen molar-refractivity contribution < 1.29 is 14.7 Å². The Bertz CT molecular complexity index is 760. The molecule has 2 N–H and O–H groups in total. The predicted molar refractivity (Wildman–Crippen MR) is 100 cm³/mol. The molecule has 0 spiro atoms. The van der Waals surface area contributed by atoms with E-state index in [0.29, 0.717) is 18.4 Å². The number of nitrogens with one attached hydrogen (secondary N) is 1. The molecule has 2 rings (SSSR count). The number of aromatic nitrogens is 2. The fourth-order valence-electron chi connectivity index (χ4n) is 2.99. The van der Waals surface area contributed by atoms with Crippen LogP contribution in [0.2, 0.25) is 0 Å². The summed E-state index contributed by atoms with van der Waals surface area (Å²) in [7, 11) is 0. The first-order chi connectivity index (χ1) is 12.2. The molecule has 0 aliphatic rings. The van der Waals surface area contributed by atoms with Crippen LogP contribution in [0.15, 0.2) is 36.5 Å². The zero-order valence-electron chi connectivity index (χ0n) is 15.8. The highest BCUT2D eigenvalue weighted by Gasteiger charge is 2.23. The summed E-state index contributed by atoms with van der Waals surface area (Å²) in [4.78, 5) is 23.7. The average molecular weight is 357 g/mol. The van der Waals surface area contributed by atoms with Gasteiger partial charge in [0.2, 0.25) is 0 Å². The normalized spacial score (nSPS) is 12.6. The molecule has 6 nitrogen and oxygen atoms in total. The van der Waals surface area contributed by atoms with Gasteiger partial charge in [0.05, 0.1) is 17.3 Å². The minimum absolute atomic E-state index is 0.0119. The van der Waals surface area contributed by atoms with Gasteiger partial charge in [0, 0.05) is 18.2 Å². The van der Waals surface area contributed by atoms with E-state index in [4.69, 9.17) is 5.11 Å². The number of carboxylic acid groups (broad SMARTS) is 1. The molecule has 1 heterocycles. The van der Waals surface area contributed by atoms with E-state index in [-0.39, 0.29) is 23.9 Å². The zero-order chi connectivity index (χ0) is 19.3. The van der Waals surface area contributed by atoms with Crippen molar-refractivity contribution in [2.45, 2.75) is 58.5 Å². The number of nitrogens with zero attached hydrogens (tertiary/aromatic N) is 2. The van der Waals surface area contributed by atoms with E-state index in [9.17, 15) is 9.59 Å². The van der Waals surface area contributed by atoms with Crippen molar-refractivity contribution >= 4 is 11.9 Å². The number of rotatable bonds is 7. The smallest absolute Gasteiger partial charge is 0.303 e. The molecule has 26 heavy (non-hydrogen) atoms. The van der Waals surface area contributed by atoms with Crippen molar-refractivity contribution in [2.75, 3.05) is 0 Å². The topological polar surface area (TPSA) is 84.2 Å². The van der Waals surface area contributed by atoms with Gasteiger partial charge in [-0.05, 0) is 46.1 Å². The van der Waals surface area contributed by atoms with Crippen molar-refractivity contribution in [3.8, 4) is 0 Å². The van der Waals surface area contributed by atoms with Crippen molar-refractivity contribution in [3.05, 3.63) is 53.3 Å². The number of hydrogen-bond donors (Lipinski definition) is 2. The molecule has 2 aromatic rings. The van der Waals surface area contributed by atoms with Gasteiger partial charge in [0.15, 0.2) is 0 Å². The third kappa shape index (κ3) is 5.18. The third-order valence-corrected chi connectivity index (χ3v) is 4.26. The second-order valence-corrected chi connectivity index (χ2v) is 7.52. The maximum absolute atomic E-state index is 12.7. The summed E-state index contributed by atoms with van der Waals surface area (Å²) in [5, 5.41) is 16.3. The Kier molecular flexibility index (Phi) is 6.18. The van der Waals surface area contributed by atoms with Crippen LogP contribution in [0.4, 0.5) is 0 Å². The lowest BCUT2D eigenvalue weighted by Crippen LogP contribution is -2.37. The number of amides is 1. The Labute approximate surface area is 154 Å². The number of aliphatic carboxylic acids is 1. The van der Waals surface area contributed by atoms with Crippen molar-refractivity contribution in [3.63, 3.8) is 0 Å². The number of carboxylic acids is 1. The lowest BCUT2D eigenvalue weighted by Gasteiger charge is -2.22. The summed E-state index contributed by atoms with van der Waals surface area (Å²) < 4.78 is 1.82. The van der Waals surface area contributed by atoms with Crippen molar-refractivity contribution in [1.29, 1.82) is 0 Å². The van der Waals surface area contributed by atoms with Gasteiger partial charge in [-0.2, -0.15) is 5.10 Å². The largest absolute Gasteiger partial charge is 0.481 e. The van der Waals surface area contributed by atoms with E-state index in [1.165, 1.54) is 0 Å². The monoisotopic (exact) mass is 357 g/mol. The minimum Gasteiger partial charge on any atom is -0.481 e. The van der Waals surface area contributed by atoms with Crippen LogP contribution in [-0.2, 0) is 16.8 Å². The quantitative estimate of drug-likeness (QED) is 0.797. The van der Waals surface area contributed by atoms with Gasteiger partial charge in [0.25, 0.3) is 5.91 Å². The number of hydrogen-bond acceptors (Lipinski definition) is 3. The fraction of sp³-hybridized carbons (Fsp3) is 0.450. The molecule has 0 aliphatic heterocycles. The molecule has 0 aliphatic carbocycles. The van der Waals surface area contributed by atoms with Crippen LogP contribution < -0.4 is 5.32 Å². The summed E-state index contributed by atoms with van der Waals surface area (Å²) in [6, 6.07) is 9.49. The molecule has 0 saturated heterocycles. The minimum atomic E-state index is -0.867. The third-order valence-electron chi connectivity index (χ3n) is 4.26. The number of carbonyl (C=O) groups is 2. The van der Waals surface area contributed by atoms with Gasteiger partial charge in [-0.1, -0.05) is 30.3 Å². The summed E-state index contributed by atoms with van der Waals surface area (Å²) in [6.45, 7) is 7.95. The first-order valence-electron chi connectivity index (χ1n) is 8.80. The first kappa shape index (κ1) is 19.7. The zero-order valence-corrected chi connectivity index (χ0v) is 15.8. The molecule has 1 aromatic carbocycles. The average Bonchev–Trinajstić information content (AvgIpc) is 2.95. The van der Waals surface area contributed by atoms with Crippen LogP contribution in [0.5, 0.6) is 0 Å². The second-order valence-electron chi connectivity index (χ2n) is 7.52. The maximum atomic E-state index is 12.7. The molecule has 0 fully saturated rings. The highest BCUT2D eigenvalue weighted by Crippen LogP contribution is 2.18. The molecule has 0 radical (unpaired) electrons.